The predicted octanol–water partition coefficient (Wildman–Crippen LogP) is 1.85. The van der Waals surface area contributed by atoms with Gasteiger partial charge in [0.05, 0.1) is 6.61 Å². The molecule has 22 heavy (non-hydrogen) atoms. The van der Waals surface area contributed by atoms with Crippen molar-refractivity contribution in [1.29, 1.82) is 5.26 Å². The summed E-state index contributed by atoms with van der Waals surface area (Å²) in [5.74, 6) is -0.111. The van der Waals surface area contributed by atoms with E-state index in [1.165, 1.54) is 12.1 Å². The molecule has 0 heterocycles. The summed E-state index contributed by atoms with van der Waals surface area (Å²) in [5, 5.41) is 21.4. The fraction of sp³-hybridized carbons (Fsp3) is 0.375. The second-order valence-corrected chi connectivity index (χ2v) is 4.43. The maximum Gasteiger partial charge on any atom is 0.261 e. The van der Waals surface area contributed by atoms with Crippen LogP contribution in [0.15, 0.2) is 23.8 Å². The van der Waals surface area contributed by atoms with Crippen molar-refractivity contribution in [2.24, 2.45) is 0 Å². The van der Waals surface area contributed by atoms with Gasteiger partial charge in [0, 0.05) is 20.3 Å². The normalized spacial score (nSPS) is 10.9. The van der Waals surface area contributed by atoms with Crippen LogP contribution in [0.5, 0.6) is 11.5 Å². The molecule has 1 rings (SSSR count). The third kappa shape index (κ3) is 5.46. The molecule has 6 nitrogen and oxygen atoms in total. The number of rotatable bonds is 8. The number of phenolic OH excluding ortho intramolecular Hbond substituents is 1. The van der Waals surface area contributed by atoms with Crippen LogP contribution < -0.4 is 10.1 Å². The molecule has 0 aliphatic carbocycles. The van der Waals surface area contributed by atoms with E-state index in [9.17, 15) is 9.90 Å². The van der Waals surface area contributed by atoms with Gasteiger partial charge in [0.2, 0.25) is 0 Å². The standard InChI is InChI=1S/C16H20N2O4/c1-3-22-15-10-12(5-6-14(15)19)9-13(11-17)16(20)18-7-4-8-21-2/h5-6,9-10,19H,3-4,7-8H2,1-2H3,(H,18,20)/b13-9+. The molecule has 0 aliphatic heterocycles. The molecule has 0 radical (unpaired) electrons. The lowest BCUT2D eigenvalue weighted by molar-refractivity contribution is -0.117. The molecule has 118 valence electrons. The smallest absolute Gasteiger partial charge is 0.261 e. The van der Waals surface area contributed by atoms with Crippen LogP contribution in [0.3, 0.4) is 0 Å². The first-order valence-corrected chi connectivity index (χ1v) is 6.97. The highest BCUT2D eigenvalue weighted by Crippen LogP contribution is 2.27. The van der Waals surface area contributed by atoms with E-state index in [4.69, 9.17) is 14.7 Å². The summed E-state index contributed by atoms with van der Waals surface area (Å²) < 4.78 is 10.2. The molecule has 0 aromatic heterocycles. The monoisotopic (exact) mass is 304 g/mol. The third-order valence-electron chi connectivity index (χ3n) is 2.77. The van der Waals surface area contributed by atoms with Crippen molar-refractivity contribution >= 4 is 12.0 Å². The number of hydrogen-bond donors (Lipinski definition) is 2. The average Bonchev–Trinajstić information content (AvgIpc) is 2.52. The summed E-state index contributed by atoms with van der Waals surface area (Å²) in [6.45, 7) is 3.19. The number of carbonyl (C=O) groups excluding carboxylic acids is 1. The minimum Gasteiger partial charge on any atom is -0.504 e. The quantitative estimate of drug-likeness (QED) is 0.434. The number of nitriles is 1. The molecule has 0 spiro atoms. The van der Waals surface area contributed by atoms with Crippen molar-refractivity contribution < 1.29 is 19.4 Å². The molecule has 0 atom stereocenters. The number of phenols is 1. The molecule has 1 aromatic rings. The zero-order valence-electron chi connectivity index (χ0n) is 12.8. The number of aromatic hydroxyl groups is 1. The molecule has 0 saturated heterocycles. The number of hydrogen-bond acceptors (Lipinski definition) is 5. The van der Waals surface area contributed by atoms with E-state index in [0.717, 1.165) is 0 Å². The van der Waals surface area contributed by atoms with E-state index < -0.39 is 5.91 Å². The van der Waals surface area contributed by atoms with E-state index in [-0.39, 0.29) is 11.3 Å². The molecular formula is C16H20N2O4. The molecule has 1 amide bonds. The van der Waals surface area contributed by atoms with Gasteiger partial charge < -0.3 is 19.9 Å². The molecule has 6 heteroatoms. The van der Waals surface area contributed by atoms with Crippen molar-refractivity contribution in [1.82, 2.24) is 5.32 Å². The van der Waals surface area contributed by atoms with E-state index in [1.54, 1.807) is 26.2 Å². The molecule has 0 saturated carbocycles. The molecule has 0 bridgehead atoms. The minimum absolute atomic E-state index is 0.00875. The van der Waals surface area contributed by atoms with Gasteiger partial charge >= 0.3 is 0 Å². The van der Waals surface area contributed by atoms with Crippen molar-refractivity contribution in [2.45, 2.75) is 13.3 Å². The van der Waals surface area contributed by atoms with Gasteiger partial charge in [-0.2, -0.15) is 5.26 Å². The van der Waals surface area contributed by atoms with E-state index in [1.807, 2.05) is 6.07 Å². The van der Waals surface area contributed by atoms with E-state index in [2.05, 4.69) is 5.32 Å². The highest BCUT2D eigenvalue weighted by Gasteiger charge is 2.09. The third-order valence-corrected chi connectivity index (χ3v) is 2.77. The Morgan fingerprint density at radius 3 is 2.91 bits per heavy atom. The van der Waals surface area contributed by atoms with Gasteiger partial charge in [-0.05, 0) is 37.1 Å². The topological polar surface area (TPSA) is 91.6 Å². The Bertz CT molecular complexity index is 576. The molecule has 0 unspecified atom stereocenters. The summed E-state index contributed by atoms with van der Waals surface area (Å²) in [6.07, 6.45) is 2.13. The van der Waals surface area contributed by atoms with Crippen LogP contribution in [-0.2, 0) is 9.53 Å². The SMILES string of the molecule is CCOc1cc(/C=C(\C#N)C(=O)NCCCOC)ccc1O. The highest BCUT2D eigenvalue weighted by atomic mass is 16.5. The molecule has 2 N–H and O–H groups in total. The van der Waals surface area contributed by atoms with Gasteiger partial charge in [-0.1, -0.05) is 6.07 Å². The lowest BCUT2D eigenvalue weighted by atomic mass is 10.1. The summed E-state index contributed by atoms with van der Waals surface area (Å²) >= 11 is 0. The summed E-state index contributed by atoms with van der Waals surface area (Å²) in [6, 6.07) is 6.51. The van der Waals surface area contributed by atoms with Crippen LogP contribution in [0.4, 0.5) is 0 Å². The number of nitrogens with zero attached hydrogens (tertiary/aromatic N) is 1. The van der Waals surface area contributed by atoms with Crippen molar-refractivity contribution in [3.05, 3.63) is 29.3 Å². The van der Waals surface area contributed by atoms with Crippen LogP contribution >= 0.6 is 0 Å². The van der Waals surface area contributed by atoms with Gasteiger partial charge in [-0.25, -0.2) is 0 Å². The highest BCUT2D eigenvalue weighted by molar-refractivity contribution is 6.01. The number of methoxy groups -OCH3 is 1. The lowest BCUT2D eigenvalue weighted by Gasteiger charge is -2.07. The maximum atomic E-state index is 11.9. The van der Waals surface area contributed by atoms with Gasteiger partial charge in [0.1, 0.15) is 11.6 Å². The molecule has 0 fully saturated rings. The van der Waals surface area contributed by atoms with Gasteiger partial charge in [-0.15, -0.1) is 0 Å². The largest absolute Gasteiger partial charge is 0.504 e. The Hall–Kier alpha value is -2.52. The van der Waals surface area contributed by atoms with Gasteiger partial charge in [0.25, 0.3) is 5.91 Å². The fourth-order valence-corrected chi connectivity index (χ4v) is 1.72. The molecule has 1 aromatic carbocycles. The number of benzene rings is 1. The van der Waals surface area contributed by atoms with Crippen LogP contribution in [0.25, 0.3) is 6.08 Å². The Balaban J connectivity index is 2.81. The van der Waals surface area contributed by atoms with Crippen LogP contribution in [0, 0.1) is 11.3 Å². The van der Waals surface area contributed by atoms with Gasteiger partial charge in [-0.3, -0.25) is 4.79 Å². The first-order valence-electron chi connectivity index (χ1n) is 6.97. The fourth-order valence-electron chi connectivity index (χ4n) is 1.72. The maximum absolute atomic E-state index is 11.9. The Labute approximate surface area is 130 Å². The first-order chi connectivity index (χ1) is 10.6. The zero-order chi connectivity index (χ0) is 16.4. The van der Waals surface area contributed by atoms with Crippen LogP contribution in [-0.4, -0.2) is 37.9 Å². The van der Waals surface area contributed by atoms with Crippen molar-refractivity contribution in [2.75, 3.05) is 26.9 Å². The number of nitrogens with one attached hydrogen (secondary N) is 1. The first kappa shape index (κ1) is 17.5. The summed E-state index contributed by atoms with van der Waals surface area (Å²) in [4.78, 5) is 11.9. The number of amides is 1. The zero-order valence-corrected chi connectivity index (χ0v) is 12.8. The minimum atomic E-state index is -0.440. The van der Waals surface area contributed by atoms with E-state index in [0.29, 0.717) is 37.5 Å². The molecule has 0 aliphatic rings. The Kier molecular flexibility index (Phi) is 7.51. The van der Waals surface area contributed by atoms with Crippen molar-refractivity contribution in [3.8, 4) is 17.6 Å². The summed E-state index contributed by atoms with van der Waals surface area (Å²) in [7, 11) is 1.59. The number of carbonyl (C=O) groups is 1. The Morgan fingerprint density at radius 2 is 2.27 bits per heavy atom. The number of ether oxygens (including phenoxy) is 2. The Morgan fingerprint density at radius 1 is 1.50 bits per heavy atom. The second kappa shape index (κ2) is 9.42. The average molecular weight is 304 g/mol. The van der Waals surface area contributed by atoms with Crippen LogP contribution in [0.1, 0.15) is 18.9 Å². The van der Waals surface area contributed by atoms with Gasteiger partial charge in [0.15, 0.2) is 11.5 Å². The lowest BCUT2D eigenvalue weighted by Crippen LogP contribution is -2.26. The van der Waals surface area contributed by atoms with Crippen molar-refractivity contribution in [3.63, 3.8) is 0 Å². The summed E-state index contributed by atoms with van der Waals surface area (Å²) in [5.41, 5.74) is 0.593. The second-order valence-electron chi connectivity index (χ2n) is 4.43. The molecular weight excluding hydrogens is 284 g/mol. The van der Waals surface area contributed by atoms with E-state index >= 15 is 0 Å². The van der Waals surface area contributed by atoms with Crippen LogP contribution in [0.2, 0.25) is 0 Å². The predicted molar refractivity (Wildman–Crippen MR) is 82.4 cm³/mol.